The zero-order valence-corrected chi connectivity index (χ0v) is 17.5. The molecule has 0 radical (unpaired) electrons. The van der Waals surface area contributed by atoms with Gasteiger partial charge in [-0.3, -0.25) is 0 Å². The van der Waals surface area contributed by atoms with Crippen LogP contribution in [0.25, 0.3) is 38.9 Å². The van der Waals surface area contributed by atoms with Crippen molar-refractivity contribution in [2.45, 2.75) is 0 Å². The molecule has 0 atom stereocenters. The van der Waals surface area contributed by atoms with Gasteiger partial charge in [-0.05, 0) is 35.4 Å². The molecule has 0 spiro atoms. The van der Waals surface area contributed by atoms with Gasteiger partial charge < -0.3 is 19.2 Å². The molecule has 0 fully saturated rings. The molecule has 3 aromatic heterocycles. The molecule has 7 nitrogen and oxygen atoms in total. The highest BCUT2D eigenvalue weighted by Crippen LogP contribution is 2.37. The molecule has 3 heterocycles. The highest BCUT2D eigenvalue weighted by molar-refractivity contribution is 5.96. The second kappa shape index (κ2) is 7.60. The standard InChI is InChI=1S/C24H21N5O2/c1-25-24-27-19-13-21(31-3)20(30-2)12-18(19)23(28-24)16-6-4-5-15(11-16)17-7-8-22-26-9-10-29(22)14-17/h4-14H,1-3H3,(H,25,27,28). The van der Waals surface area contributed by atoms with Crippen molar-refractivity contribution in [3.05, 3.63) is 67.1 Å². The summed E-state index contributed by atoms with van der Waals surface area (Å²) in [7, 11) is 5.05. The van der Waals surface area contributed by atoms with Gasteiger partial charge in [0, 0.05) is 42.7 Å². The van der Waals surface area contributed by atoms with E-state index in [1.807, 2.05) is 41.9 Å². The average Bonchev–Trinajstić information content (AvgIpc) is 3.30. The number of imidazole rings is 1. The fourth-order valence-corrected chi connectivity index (χ4v) is 3.72. The minimum atomic E-state index is 0.542. The first-order chi connectivity index (χ1) is 15.2. The summed E-state index contributed by atoms with van der Waals surface area (Å²) < 4.78 is 13.0. The molecule has 2 aromatic carbocycles. The Morgan fingerprint density at radius 2 is 1.68 bits per heavy atom. The van der Waals surface area contributed by atoms with E-state index < -0.39 is 0 Å². The summed E-state index contributed by atoms with van der Waals surface area (Å²) in [6, 6.07) is 16.2. The van der Waals surface area contributed by atoms with Gasteiger partial charge in [-0.15, -0.1) is 0 Å². The number of rotatable bonds is 5. The summed E-state index contributed by atoms with van der Waals surface area (Å²) in [5.41, 5.74) is 5.68. The van der Waals surface area contributed by atoms with Crippen LogP contribution >= 0.6 is 0 Å². The van der Waals surface area contributed by atoms with Gasteiger partial charge in [0.25, 0.3) is 0 Å². The van der Waals surface area contributed by atoms with Crippen LogP contribution in [0.15, 0.2) is 67.1 Å². The Hall–Kier alpha value is -4.13. The topological polar surface area (TPSA) is 73.6 Å². The van der Waals surface area contributed by atoms with E-state index in [1.54, 1.807) is 20.4 Å². The van der Waals surface area contributed by atoms with Crippen LogP contribution in [0.4, 0.5) is 5.95 Å². The summed E-state index contributed by atoms with van der Waals surface area (Å²) in [6.45, 7) is 0. The molecule has 154 valence electrons. The number of nitrogens with one attached hydrogen (secondary N) is 1. The number of pyridine rings is 1. The molecular formula is C24H21N5O2. The lowest BCUT2D eigenvalue weighted by Gasteiger charge is -2.13. The second-order valence-corrected chi connectivity index (χ2v) is 7.06. The number of fused-ring (bicyclic) bond motifs is 2. The molecule has 0 aliphatic carbocycles. The number of hydrogen-bond acceptors (Lipinski definition) is 6. The maximum atomic E-state index is 5.51. The Balaban J connectivity index is 1.70. The van der Waals surface area contributed by atoms with Crippen LogP contribution in [-0.4, -0.2) is 40.6 Å². The number of nitrogens with zero attached hydrogens (tertiary/aromatic N) is 4. The number of hydrogen-bond donors (Lipinski definition) is 1. The molecule has 0 aliphatic rings. The van der Waals surface area contributed by atoms with Gasteiger partial charge in [-0.1, -0.05) is 18.2 Å². The van der Waals surface area contributed by atoms with Crippen LogP contribution in [0.3, 0.4) is 0 Å². The summed E-state index contributed by atoms with van der Waals surface area (Å²) in [6.07, 6.45) is 5.81. The first-order valence-electron chi connectivity index (χ1n) is 9.85. The Labute approximate surface area is 179 Å². The number of anilines is 1. The predicted molar refractivity (Wildman–Crippen MR) is 122 cm³/mol. The van der Waals surface area contributed by atoms with E-state index in [4.69, 9.17) is 14.5 Å². The predicted octanol–water partition coefficient (Wildman–Crippen LogP) is 4.67. The van der Waals surface area contributed by atoms with Gasteiger partial charge in [0.2, 0.25) is 5.95 Å². The Kier molecular flexibility index (Phi) is 4.63. The number of benzene rings is 2. The van der Waals surface area contributed by atoms with Gasteiger partial charge >= 0.3 is 0 Å². The minimum absolute atomic E-state index is 0.542. The van der Waals surface area contributed by atoms with Crippen molar-refractivity contribution in [3.63, 3.8) is 0 Å². The Morgan fingerprint density at radius 1 is 0.871 bits per heavy atom. The van der Waals surface area contributed by atoms with Gasteiger partial charge in [0.05, 0.1) is 25.4 Å². The fourth-order valence-electron chi connectivity index (χ4n) is 3.72. The summed E-state index contributed by atoms with van der Waals surface area (Å²) in [5.74, 6) is 1.81. The van der Waals surface area contributed by atoms with Crippen molar-refractivity contribution in [3.8, 4) is 33.9 Å². The Bertz CT molecular complexity index is 1410. The SMILES string of the molecule is CNc1nc(-c2cccc(-c3ccc4nccn4c3)c2)c2cc(OC)c(OC)cc2n1. The summed E-state index contributed by atoms with van der Waals surface area (Å²) in [4.78, 5) is 13.7. The molecule has 0 saturated heterocycles. The molecule has 31 heavy (non-hydrogen) atoms. The zero-order chi connectivity index (χ0) is 21.4. The maximum Gasteiger partial charge on any atom is 0.223 e. The number of ether oxygens (including phenoxy) is 2. The highest BCUT2D eigenvalue weighted by atomic mass is 16.5. The van der Waals surface area contributed by atoms with Crippen molar-refractivity contribution in [1.29, 1.82) is 0 Å². The van der Waals surface area contributed by atoms with Crippen LogP contribution in [0.1, 0.15) is 0 Å². The average molecular weight is 411 g/mol. The quantitative estimate of drug-likeness (QED) is 0.453. The van der Waals surface area contributed by atoms with Crippen molar-refractivity contribution < 1.29 is 9.47 Å². The molecule has 0 bridgehead atoms. The minimum Gasteiger partial charge on any atom is -0.493 e. The normalized spacial score (nSPS) is 11.1. The van der Waals surface area contributed by atoms with E-state index in [2.05, 4.69) is 45.7 Å². The smallest absolute Gasteiger partial charge is 0.223 e. The van der Waals surface area contributed by atoms with E-state index >= 15 is 0 Å². The monoisotopic (exact) mass is 411 g/mol. The first-order valence-corrected chi connectivity index (χ1v) is 9.85. The molecule has 0 unspecified atom stereocenters. The molecule has 5 aromatic rings. The van der Waals surface area contributed by atoms with Crippen LogP contribution in [0.5, 0.6) is 11.5 Å². The lowest BCUT2D eigenvalue weighted by Crippen LogP contribution is -2.00. The first kappa shape index (κ1) is 18.9. The number of methoxy groups -OCH3 is 2. The van der Waals surface area contributed by atoms with Crippen molar-refractivity contribution in [2.75, 3.05) is 26.6 Å². The lowest BCUT2D eigenvalue weighted by molar-refractivity contribution is 0.356. The summed E-state index contributed by atoms with van der Waals surface area (Å²) in [5, 5.41) is 3.94. The number of aromatic nitrogens is 4. The largest absolute Gasteiger partial charge is 0.493 e. The van der Waals surface area contributed by atoms with Gasteiger partial charge in [0.15, 0.2) is 11.5 Å². The van der Waals surface area contributed by atoms with Crippen molar-refractivity contribution in [2.24, 2.45) is 0 Å². The van der Waals surface area contributed by atoms with Crippen LogP contribution in [0.2, 0.25) is 0 Å². The third-order valence-electron chi connectivity index (χ3n) is 5.28. The van der Waals surface area contributed by atoms with Crippen molar-refractivity contribution in [1.82, 2.24) is 19.4 Å². The third kappa shape index (κ3) is 3.30. The third-order valence-corrected chi connectivity index (χ3v) is 5.28. The van der Waals surface area contributed by atoms with E-state index in [0.717, 1.165) is 38.9 Å². The zero-order valence-electron chi connectivity index (χ0n) is 17.5. The van der Waals surface area contributed by atoms with E-state index in [9.17, 15) is 0 Å². The van der Waals surface area contributed by atoms with Crippen molar-refractivity contribution >= 4 is 22.5 Å². The van der Waals surface area contributed by atoms with Crippen LogP contribution in [0, 0.1) is 0 Å². The van der Waals surface area contributed by atoms with Crippen LogP contribution < -0.4 is 14.8 Å². The summed E-state index contributed by atoms with van der Waals surface area (Å²) >= 11 is 0. The lowest BCUT2D eigenvalue weighted by atomic mass is 10.0. The maximum absolute atomic E-state index is 5.51. The van der Waals surface area contributed by atoms with Gasteiger partial charge in [0.1, 0.15) is 5.65 Å². The molecule has 0 aliphatic heterocycles. The van der Waals surface area contributed by atoms with E-state index in [1.165, 1.54) is 0 Å². The fraction of sp³-hybridized carbons (Fsp3) is 0.125. The molecule has 0 saturated carbocycles. The highest BCUT2D eigenvalue weighted by Gasteiger charge is 2.15. The van der Waals surface area contributed by atoms with Gasteiger partial charge in [-0.25, -0.2) is 15.0 Å². The molecule has 5 rings (SSSR count). The molecule has 0 amide bonds. The molecule has 7 heteroatoms. The van der Waals surface area contributed by atoms with E-state index in [-0.39, 0.29) is 0 Å². The van der Waals surface area contributed by atoms with E-state index in [0.29, 0.717) is 17.4 Å². The van der Waals surface area contributed by atoms with Gasteiger partial charge in [-0.2, -0.15) is 0 Å². The molecule has 1 N–H and O–H groups in total. The van der Waals surface area contributed by atoms with Crippen LogP contribution in [-0.2, 0) is 0 Å². The molecular weight excluding hydrogens is 390 g/mol. The second-order valence-electron chi connectivity index (χ2n) is 7.06. The Morgan fingerprint density at radius 3 is 2.48 bits per heavy atom.